The maximum Gasteiger partial charge on any atom is 0.187 e. The Hall–Kier alpha value is -5.07. The van der Waals surface area contributed by atoms with E-state index in [0.717, 1.165) is 39.7 Å². The second-order valence-electron chi connectivity index (χ2n) is 13.5. The van der Waals surface area contributed by atoms with Crippen LogP contribution in [-0.4, -0.2) is 37.2 Å². The van der Waals surface area contributed by atoms with Gasteiger partial charge in [0, 0.05) is 47.7 Å². The summed E-state index contributed by atoms with van der Waals surface area (Å²) in [6, 6.07) is 36.6. The van der Waals surface area contributed by atoms with Crippen LogP contribution in [0.15, 0.2) is 126 Å². The highest BCUT2D eigenvalue weighted by molar-refractivity contribution is 6.07. The lowest BCUT2D eigenvalue weighted by atomic mass is 9.70. The van der Waals surface area contributed by atoms with Crippen LogP contribution in [0.3, 0.4) is 0 Å². The number of carbonyl (C=O) groups is 1. The van der Waals surface area contributed by atoms with Crippen LogP contribution >= 0.6 is 0 Å². The fourth-order valence-electron chi connectivity index (χ4n) is 7.18. The zero-order chi connectivity index (χ0) is 34.5. The van der Waals surface area contributed by atoms with E-state index in [1.165, 1.54) is 16.7 Å². The first-order chi connectivity index (χ1) is 23.7. The normalized spacial score (nSPS) is 17.6. The van der Waals surface area contributed by atoms with Crippen LogP contribution < -0.4 is 4.90 Å². The number of fused-ring (bicyclic) bond motifs is 3. The Morgan fingerprint density at radius 1 is 0.878 bits per heavy atom. The van der Waals surface area contributed by atoms with Crippen LogP contribution in [0.1, 0.15) is 64.4 Å². The monoisotopic (exact) mass is 652 g/mol. The molecule has 1 N–H and O–H groups in total. The number of nitrogens with zero attached hydrogens (tertiary/aromatic N) is 2. The van der Waals surface area contributed by atoms with E-state index in [1.807, 2.05) is 13.0 Å². The Morgan fingerprint density at radius 3 is 2.18 bits per heavy atom. The second kappa shape index (κ2) is 14.6. The quantitative estimate of drug-likeness (QED) is 0.0779. The Labute approximate surface area is 289 Å². The van der Waals surface area contributed by atoms with Crippen LogP contribution in [0.4, 0.5) is 5.69 Å². The lowest BCUT2D eigenvalue weighted by Crippen LogP contribution is -2.37. The van der Waals surface area contributed by atoms with Crippen molar-refractivity contribution in [3.8, 4) is 5.75 Å². The average molecular weight is 653 g/mol. The van der Waals surface area contributed by atoms with E-state index in [-0.39, 0.29) is 30.1 Å². The van der Waals surface area contributed by atoms with Crippen molar-refractivity contribution in [2.45, 2.75) is 57.5 Å². The molecule has 5 aromatic rings. The van der Waals surface area contributed by atoms with Gasteiger partial charge in [-0.25, -0.2) is 0 Å². The zero-order valence-corrected chi connectivity index (χ0v) is 28.7. The maximum atomic E-state index is 14.2. The van der Waals surface area contributed by atoms with Crippen molar-refractivity contribution in [1.82, 2.24) is 0 Å². The van der Waals surface area contributed by atoms with Gasteiger partial charge in [-0.1, -0.05) is 103 Å². The summed E-state index contributed by atoms with van der Waals surface area (Å²) in [5, 5.41) is 15.4. The van der Waals surface area contributed by atoms with Crippen LogP contribution in [-0.2, 0) is 23.0 Å². The molecule has 0 aliphatic carbocycles. The Bertz CT molecular complexity index is 1970. The molecule has 6 rings (SSSR count). The number of nitroso groups, excluding NO2 is 1. The molecule has 250 valence electrons. The van der Waals surface area contributed by atoms with Gasteiger partial charge in [-0.15, -0.1) is 0 Å². The van der Waals surface area contributed by atoms with E-state index in [9.17, 15) is 14.8 Å². The minimum Gasteiger partial charge on any atom is -0.508 e. The molecule has 5 aromatic carbocycles. The summed E-state index contributed by atoms with van der Waals surface area (Å²) in [6.45, 7) is 7.09. The van der Waals surface area contributed by atoms with Crippen molar-refractivity contribution in [3.63, 3.8) is 0 Å². The summed E-state index contributed by atoms with van der Waals surface area (Å²) in [6.07, 6.45) is 3.95. The van der Waals surface area contributed by atoms with Crippen molar-refractivity contribution >= 4 is 22.2 Å². The first-order valence-corrected chi connectivity index (χ1v) is 17.0. The third-order valence-electron chi connectivity index (χ3n) is 10.1. The number of methoxy groups -OCH3 is 1. The molecule has 6 heteroatoms. The van der Waals surface area contributed by atoms with E-state index in [1.54, 1.807) is 31.4 Å². The number of rotatable bonds is 13. The molecule has 0 fully saturated rings. The van der Waals surface area contributed by atoms with Crippen molar-refractivity contribution in [2.24, 2.45) is 5.18 Å². The summed E-state index contributed by atoms with van der Waals surface area (Å²) < 4.78 is 5.72. The van der Waals surface area contributed by atoms with Gasteiger partial charge in [0.25, 0.3) is 0 Å². The van der Waals surface area contributed by atoms with Gasteiger partial charge >= 0.3 is 0 Å². The number of phenols is 1. The Morgan fingerprint density at radius 2 is 1.53 bits per heavy atom. The van der Waals surface area contributed by atoms with Crippen LogP contribution in [0.2, 0.25) is 0 Å². The van der Waals surface area contributed by atoms with Crippen LogP contribution in [0.5, 0.6) is 5.75 Å². The first-order valence-electron chi connectivity index (χ1n) is 17.0. The summed E-state index contributed by atoms with van der Waals surface area (Å²) in [7, 11) is 1.74. The van der Waals surface area contributed by atoms with Gasteiger partial charge in [-0.3, -0.25) is 4.79 Å². The molecule has 0 aromatic heterocycles. The lowest BCUT2D eigenvalue weighted by molar-refractivity contribution is 0.104. The lowest BCUT2D eigenvalue weighted by Gasteiger charge is -2.35. The van der Waals surface area contributed by atoms with Crippen LogP contribution in [0.25, 0.3) is 10.8 Å². The van der Waals surface area contributed by atoms with E-state index in [2.05, 4.69) is 109 Å². The molecule has 1 aliphatic heterocycles. The van der Waals surface area contributed by atoms with E-state index >= 15 is 0 Å². The molecule has 0 bridgehead atoms. The van der Waals surface area contributed by atoms with Gasteiger partial charge in [0.1, 0.15) is 5.75 Å². The van der Waals surface area contributed by atoms with Gasteiger partial charge in [0.05, 0.1) is 18.3 Å². The third kappa shape index (κ3) is 7.06. The van der Waals surface area contributed by atoms with Crippen molar-refractivity contribution in [1.29, 1.82) is 0 Å². The van der Waals surface area contributed by atoms with E-state index in [4.69, 9.17) is 4.74 Å². The van der Waals surface area contributed by atoms with Gasteiger partial charge in [0.2, 0.25) is 0 Å². The standard InChI is InChI=1S/C43H44N2O4/c1-29-9-11-32(12-10-29)26-43(27-33-13-15-34(16-14-33)30(2)28-44-48)39-22-19-35-7-5-6-8-38(35)42(39)45(24-23-31(3)49-4)41(43)25-40(47)36-17-20-37(46)21-18-36/h5-22,25,30-31,46H,23-24,26-28H2,1-4H3/b41-25-. The molecule has 3 atom stereocenters. The van der Waals surface area contributed by atoms with Crippen molar-refractivity contribution in [3.05, 3.63) is 159 Å². The summed E-state index contributed by atoms with van der Waals surface area (Å²) in [5.74, 6) is 0.0357. The predicted octanol–water partition coefficient (Wildman–Crippen LogP) is 9.46. The Balaban J connectivity index is 1.61. The maximum absolute atomic E-state index is 14.2. The van der Waals surface area contributed by atoms with E-state index < -0.39 is 5.41 Å². The largest absolute Gasteiger partial charge is 0.508 e. The molecular weight excluding hydrogens is 608 g/mol. The number of anilines is 1. The number of benzene rings is 5. The predicted molar refractivity (Wildman–Crippen MR) is 199 cm³/mol. The highest BCUT2D eigenvalue weighted by atomic mass is 16.5. The summed E-state index contributed by atoms with van der Waals surface area (Å²) >= 11 is 0. The van der Waals surface area contributed by atoms with Crippen LogP contribution in [0, 0.1) is 11.8 Å². The summed E-state index contributed by atoms with van der Waals surface area (Å²) in [4.78, 5) is 27.6. The SMILES string of the molecule is COC(C)CCN1/C(=C\C(=O)c2ccc(O)cc2)C(Cc2ccc(C)cc2)(Cc2ccc(C(C)CN=O)cc2)c2ccc3ccccc3c21. The van der Waals surface area contributed by atoms with Gasteiger partial charge in [-0.05, 0) is 85.0 Å². The van der Waals surface area contributed by atoms with E-state index in [0.29, 0.717) is 24.9 Å². The molecule has 1 heterocycles. The number of hydrogen-bond acceptors (Lipinski definition) is 6. The molecule has 0 spiro atoms. The average Bonchev–Trinajstić information content (AvgIpc) is 3.36. The van der Waals surface area contributed by atoms with Gasteiger partial charge in [0.15, 0.2) is 5.78 Å². The zero-order valence-electron chi connectivity index (χ0n) is 28.7. The highest BCUT2D eigenvalue weighted by Crippen LogP contribution is 2.54. The van der Waals surface area contributed by atoms with Crippen molar-refractivity contribution in [2.75, 3.05) is 25.1 Å². The smallest absolute Gasteiger partial charge is 0.187 e. The number of carbonyl (C=O) groups excluding carboxylic acids is 1. The fraction of sp³-hybridized carbons (Fsp3) is 0.279. The second-order valence-corrected chi connectivity index (χ2v) is 13.5. The minimum absolute atomic E-state index is 0.0231. The van der Waals surface area contributed by atoms with Gasteiger partial charge < -0.3 is 14.7 Å². The highest BCUT2D eigenvalue weighted by Gasteiger charge is 2.48. The van der Waals surface area contributed by atoms with Crippen molar-refractivity contribution < 1.29 is 14.6 Å². The number of ketones is 1. The number of hydrogen-bond donors (Lipinski definition) is 1. The fourth-order valence-corrected chi connectivity index (χ4v) is 7.18. The molecule has 3 unspecified atom stereocenters. The summed E-state index contributed by atoms with van der Waals surface area (Å²) in [5.41, 5.74) is 7.75. The number of aryl methyl sites for hydroxylation is 1. The molecule has 0 saturated carbocycles. The van der Waals surface area contributed by atoms with Gasteiger partial charge in [-0.2, -0.15) is 4.91 Å². The minimum atomic E-state index is -0.602. The molecule has 0 amide bonds. The first kappa shape index (κ1) is 33.8. The molecular formula is C43H44N2O4. The molecule has 0 radical (unpaired) electrons. The number of aromatic hydroxyl groups is 1. The molecule has 6 nitrogen and oxygen atoms in total. The number of phenolic OH excluding ortho intramolecular Hbond substituents is 1. The number of allylic oxidation sites excluding steroid dienone is 2. The molecule has 49 heavy (non-hydrogen) atoms. The topological polar surface area (TPSA) is 79.2 Å². The Kier molecular flexibility index (Phi) is 10.1. The third-order valence-corrected chi connectivity index (χ3v) is 10.1. The molecule has 0 saturated heterocycles. The number of ether oxygens (including phenoxy) is 1. The molecule has 1 aliphatic rings.